The summed E-state index contributed by atoms with van der Waals surface area (Å²) in [5, 5.41) is 18.0. The monoisotopic (exact) mass is 397 g/mol. The molecule has 2 N–H and O–H groups in total. The highest BCUT2D eigenvalue weighted by Gasteiger charge is 2.36. The summed E-state index contributed by atoms with van der Waals surface area (Å²) in [5.41, 5.74) is 2.16. The molecule has 2 aliphatic heterocycles. The van der Waals surface area contributed by atoms with E-state index in [1.807, 2.05) is 36.4 Å². The molecule has 0 aliphatic carbocycles. The quantitative estimate of drug-likeness (QED) is 0.816. The minimum atomic E-state index is -0.641. The topological polar surface area (TPSA) is 82.0 Å². The third-order valence-electron chi connectivity index (χ3n) is 4.06. The Morgan fingerprint density at radius 1 is 1.12 bits per heavy atom. The van der Waals surface area contributed by atoms with Crippen LogP contribution >= 0.6 is 15.9 Å². The molecule has 0 fully saturated rings. The summed E-state index contributed by atoms with van der Waals surface area (Å²) < 4.78 is 0.795. The van der Waals surface area contributed by atoms with Gasteiger partial charge in [-0.25, -0.2) is 5.01 Å². The molecule has 2 aromatic rings. The minimum absolute atomic E-state index is 0.133. The predicted molar refractivity (Wildman–Crippen MR) is 96.0 cm³/mol. The number of carbonyl (C=O) groups excluding carboxylic acids is 2. The van der Waals surface area contributed by atoms with Crippen LogP contribution in [0.1, 0.15) is 17.2 Å². The predicted octanol–water partition coefficient (Wildman–Crippen LogP) is 3.13. The summed E-state index contributed by atoms with van der Waals surface area (Å²) in [5.74, 6) is -1.41. The maximum Gasteiger partial charge on any atom is 0.309 e. The highest BCUT2D eigenvalue weighted by molar-refractivity contribution is 9.10. The number of hydrazone groups is 1. The fourth-order valence-electron chi connectivity index (χ4n) is 2.86. The van der Waals surface area contributed by atoms with Gasteiger partial charge in [0, 0.05) is 10.0 Å². The number of carbonyl (C=O) groups is 2. The van der Waals surface area contributed by atoms with E-state index in [2.05, 4.69) is 26.3 Å². The smallest absolute Gasteiger partial charge is 0.309 e. The fraction of sp³-hybridized carbons (Fsp3) is 0.0556. The van der Waals surface area contributed by atoms with E-state index in [-0.39, 0.29) is 17.4 Å². The lowest BCUT2D eigenvalue weighted by atomic mass is 10.1. The number of amides is 2. The van der Waals surface area contributed by atoms with Gasteiger partial charge < -0.3 is 10.4 Å². The number of nitrogens with one attached hydrogen (secondary N) is 1. The largest absolute Gasteiger partial charge is 0.503 e. The Kier molecular flexibility index (Phi) is 3.65. The molecule has 0 aromatic heterocycles. The van der Waals surface area contributed by atoms with E-state index in [1.54, 1.807) is 12.1 Å². The lowest BCUT2D eigenvalue weighted by Crippen LogP contribution is -2.28. The van der Waals surface area contributed by atoms with Gasteiger partial charge in [0.2, 0.25) is 0 Å². The number of fused-ring (bicyclic) bond motifs is 1. The van der Waals surface area contributed by atoms with Crippen LogP contribution in [0.3, 0.4) is 0 Å². The lowest BCUT2D eigenvalue weighted by molar-refractivity contribution is -0.129. The van der Waals surface area contributed by atoms with Crippen molar-refractivity contribution in [2.75, 3.05) is 5.32 Å². The number of halogens is 1. The Hall–Kier alpha value is -2.93. The number of benzene rings is 2. The van der Waals surface area contributed by atoms with E-state index >= 15 is 0 Å². The molecule has 4 rings (SSSR count). The first kappa shape index (κ1) is 15.6. The lowest BCUT2D eigenvalue weighted by Gasteiger charge is -2.19. The second-order valence-corrected chi connectivity index (χ2v) is 6.57. The zero-order valence-electron chi connectivity index (χ0n) is 12.8. The average Bonchev–Trinajstić information content (AvgIpc) is 3.07. The van der Waals surface area contributed by atoms with Gasteiger partial charge in [0.25, 0.3) is 5.91 Å². The molecule has 124 valence electrons. The van der Waals surface area contributed by atoms with Gasteiger partial charge in [-0.1, -0.05) is 46.3 Å². The Morgan fingerprint density at radius 3 is 2.64 bits per heavy atom. The maximum atomic E-state index is 12.3. The van der Waals surface area contributed by atoms with Crippen molar-refractivity contribution in [1.82, 2.24) is 5.01 Å². The molecule has 6 nitrogen and oxygen atoms in total. The van der Waals surface area contributed by atoms with Gasteiger partial charge in [0.1, 0.15) is 6.04 Å². The third kappa shape index (κ3) is 2.62. The van der Waals surface area contributed by atoms with Crippen molar-refractivity contribution in [2.24, 2.45) is 5.10 Å². The molecule has 2 aromatic carbocycles. The van der Waals surface area contributed by atoms with E-state index < -0.39 is 11.9 Å². The van der Waals surface area contributed by atoms with Crippen molar-refractivity contribution in [3.63, 3.8) is 0 Å². The SMILES string of the molecule is O=C1Nc2ccc(Br)cc2/C1=N/N1C(=O)C(O)=CC1c1ccccc1. The Labute approximate surface area is 151 Å². The number of rotatable bonds is 2. The van der Waals surface area contributed by atoms with Gasteiger partial charge in [0.05, 0.1) is 5.69 Å². The number of aliphatic hydroxyl groups is 1. The Morgan fingerprint density at radius 2 is 1.88 bits per heavy atom. The summed E-state index contributed by atoms with van der Waals surface area (Å²) in [6, 6.07) is 14.0. The van der Waals surface area contributed by atoms with Crippen molar-refractivity contribution >= 4 is 39.1 Å². The van der Waals surface area contributed by atoms with E-state index in [4.69, 9.17) is 0 Å². The average molecular weight is 398 g/mol. The van der Waals surface area contributed by atoms with Crippen LogP contribution in [0.2, 0.25) is 0 Å². The molecular weight excluding hydrogens is 386 g/mol. The van der Waals surface area contributed by atoms with Gasteiger partial charge >= 0.3 is 5.91 Å². The number of anilines is 1. The molecule has 0 saturated carbocycles. The van der Waals surface area contributed by atoms with Crippen molar-refractivity contribution in [3.05, 3.63) is 76.0 Å². The summed E-state index contributed by atoms with van der Waals surface area (Å²) in [4.78, 5) is 24.6. The van der Waals surface area contributed by atoms with E-state index in [0.717, 1.165) is 15.0 Å². The van der Waals surface area contributed by atoms with Crippen molar-refractivity contribution < 1.29 is 14.7 Å². The molecule has 2 aliphatic rings. The van der Waals surface area contributed by atoms with E-state index in [1.165, 1.54) is 6.08 Å². The van der Waals surface area contributed by atoms with Gasteiger partial charge in [-0.2, -0.15) is 5.10 Å². The van der Waals surface area contributed by atoms with Crippen molar-refractivity contribution in [3.8, 4) is 0 Å². The molecule has 2 heterocycles. The van der Waals surface area contributed by atoms with Crippen LogP contribution in [0.4, 0.5) is 5.69 Å². The molecule has 1 unspecified atom stereocenters. The third-order valence-corrected chi connectivity index (χ3v) is 4.55. The first-order valence-electron chi connectivity index (χ1n) is 7.54. The second kappa shape index (κ2) is 5.86. The summed E-state index contributed by atoms with van der Waals surface area (Å²) >= 11 is 3.37. The Balaban J connectivity index is 1.79. The molecular formula is C18H12BrN3O3. The first-order chi connectivity index (χ1) is 12.0. The normalized spacial score (nSPS) is 20.7. The number of hydrogen-bond acceptors (Lipinski definition) is 4. The van der Waals surface area contributed by atoms with Crippen LogP contribution in [0.5, 0.6) is 0 Å². The molecule has 0 spiro atoms. The molecule has 2 amide bonds. The van der Waals surface area contributed by atoms with Crippen molar-refractivity contribution in [2.45, 2.75) is 6.04 Å². The van der Waals surface area contributed by atoms with Crippen LogP contribution < -0.4 is 5.32 Å². The van der Waals surface area contributed by atoms with Gasteiger partial charge in [0.15, 0.2) is 11.5 Å². The fourth-order valence-corrected chi connectivity index (χ4v) is 3.22. The van der Waals surface area contributed by atoms with Gasteiger partial charge in [-0.3, -0.25) is 9.59 Å². The van der Waals surface area contributed by atoms with Gasteiger partial charge in [-0.15, -0.1) is 0 Å². The first-order valence-corrected chi connectivity index (χ1v) is 8.33. The second-order valence-electron chi connectivity index (χ2n) is 5.65. The highest BCUT2D eigenvalue weighted by atomic mass is 79.9. The van der Waals surface area contributed by atoms with Crippen LogP contribution in [0, 0.1) is 0 Å². The summed E-state index contributed by atoms with van der Waals surface area (Å²) in [7, 11) is 0. The van der Waals surface area contributed by atoms with Gasteiger partial charge in [-0.05, 0) is 29.8 Å². The number of aliphatic hydroxyl groups excluding tert-OH is 1. The van der Waals surface area contributed by atoms with Crippen LogP contribution in [-0.2, 0) is 9.59 Å². The molecule has 0 saturated heterocycles. The van der Waals surface area contributed by atoms with Crippen LogP contribution in [0.15, 0.2) is 69.9 Å². The molecule has 0 bridgehead atoms. The van der Waals surface area contributed by atoms with Crippen LogP contribution in [-0.4, -0.2) is 27.6 Å². The summed E-state index contributed by atoms with van der Waals surface area (Å²) in [6.45, 7) is 0. The zero-order chi connectivity index (χ0) is 17.6. The van der Waals surface area contributed by atoms with E-state index in [9.17, 15) is 14.7 Å². The van der Waals surface area contributed by atoms with E-state index in [0.29, 0.717) is 11.3 Å². The van der Waals surface area contributed by atoms with Crippen molar-refractivity contribution in [1.29, 1.82) is 0 Å². The summed E-state index contributed by atoms with van der Waals surface area (Å²) in [6.07, 6.45) is 1.43. The van der Waals surface area contributed by atoms with Crippen LogP contribution in [0.25, 0.3) is 0 Å². The highest BCUT2D eigenvalue weighted by Crippen LogP contribution is 2.33. The molecule has 0 radical (unpaired) electrons. The standard InChI is InChI=1S/C18H12BrN3O3/c19-11-6-7-13-12(8-11)16(17(24)20-13)21-22-14(9-15(23)18(22)25)10-4-2-1-3-5-10/h1-9,14,23H,(H,20,21,24). The molecule has 7 heteroatoms. The minimum Gasteiger partial charge on any atom is -0.503 e. The number of hydrogen-bond donors (Lipinski definition) is 2. The maximum absolute atomic E-state index is 12.3. The zero-order valence-corrected chi connectivity index (χ0v) is 14.4. The number of nitrogens with zero attached hydrogens (tertiary/aromatic N) is 2. The Bertz CT molecular complexity index is 953. The molecule has 25 heavy (non-hydrogen) atoms. The molecule has 1 atom stereocenters.